The Morgan fingerprint density at radius 1 is 1.50 bits per heavy atom. The van der Waals surface area contributed by atoms with E-state index in [2.05, 4.69) is 21.6 Å². The van der Waals surface area contributed by atoms with E-state index in [1.165, 1.54) is 41.2 Å². The zero-order valence-electron chi connectivity index (χ0n) is 14.2. The quantitative estimate of drug-likeness (QED) is 0.292. The molecule has 140 valence electrons. The van der Waals surface area contributed by atoms with Crippen LogP contribution in [0.3, 0.4) is 0 Å². The minimum atomic E-state index is -0.514. The molecular weight excluding hydrogens is 378 g/mol. The van der Waals surface area contributed by atoms with Crippen LogP contribution >= 0.6 is 23.1 Å². The second kappa shape index (κ2) is 9.97. The Morgan fingerprint density at radius 2 is 2.31 bits per heavy atom. The standard InChI is InChI=1S/C16H19N3O5S2/c1-3-5-17-16-18-11(9-26-16)15(22)24-7-4-6-19-12(20)10-25-13(19)8-14(21)23-2/h3,8-9H,1,4-7,10H2,2H3,(H,17,18)/b13-8+. The van der Waals surface area contributed by atoms with Gasteiger partial charge in [0.1, 0.15) is 0 Å². The number of aromatic nitrogens is 1. The van der Waals surface area contributed by atoms with Crippen molar-refractivity contribution in [2.45, 2.75) is 6.42 Å². The molecule has 26 heavy (non-hydrogen) atoms. The average Bonchev–Trinajstić information content (AvgIpc) is 3.24. The number of hydrogen-bond donors (Lipinski definition) is 1. The first-order valence-corrected chi connectivity index (χ1v) is 9.62. The van der Waals surface area contributed by atoms with Gasteiger partial charge in [-0.2, -0.15) is 0 Å². The van der Waals surface area contributed by atoms with E-state index in [0.717, 1.165) is 0 Å². The van der Waals surface area contributed by atoms with Crippen LogP contribution in [-0.2, 0) is 19.1 Å². The summed E-state index contributed by atoms with van der Waals surface area (Å²) in [4.78, 5) is 40.8. The summed E-state index contributed by atoms with van der Waals surface area (Å²) in [6.45, 7) is 4.65. The van der Waals surface area contributed by atoms with Crippen molar-refractivity contribution in [1.29, 1.82) is 0 Å². The Balaban J connectivity index is 1.78. The number of carbonyl (C=O) groups is 3. The minimum Gasteiger partial charge on any atom is -0.466 e. The van der Waals surface area contributed by atoms with Gasteiger partial charge in [-0.3, -0.25) is 4.79 Å². The van der Waals surface area contributed by atoms with E-state index in [1.54, 1.807) is 11.5 Å². The number of esters is 2. The number of amides is 1. The molecule has 0 atom stereocenters. The molecule has 1 N–H and O–H groups in total. The van der Waals surface area contributed by atoms with E-state index >= 15 is 0 Å². The maximum atomic E-state index is 12.0. The third-order valence-corrected chi connectivity index (χ3v) is 5.05. The third-order valence-electron chi connectivity index (χ3n) is 3.22. The minimum absolute atomic E-state index is 0.0890. The molecule has 0 aliphatic carbocycles. The van der Waals surface area contributed by atoms with E-state index in [4.69, 9.17) is 4.74 Å². The molecule has 0 spiro atoms. The molecule has 0 aromatic carbocycles. The summed E-state index contributed by atoms with van der Waals surface area (Å²) in [5.41, 5.74) is 0.237. The molecule has 1 aromatic heterocycles. The lowest BCUT2D eigenvalue weighted by Crippen LogP contribution is -2.27. The van der Waals surface area contributed by atoms with Gasteiger partial charge in [-0.1, -0.05) is 17.8 Å². The summed E-state index contributed by atoms with van der Waals surface area (Å²) in [6.07, 6.45) is 3.43. The molecule has 1 fully saturated rings. The van der Waals surface area contributed by atoms with Gasteiger partial charge in [0.05, 0.1) is 30.6 Å². The number of ether oxygens (including phenoxy) is 2. The van der Waals surface area contributed by atoms with Crippen LogP contribution in [0.4, 0.5) is 5.13 Å². The molecular formula is C16H19N3O5S2. The first kappa shape index (κ1) is 20.0. The molecule has 2 rings (SSSR count). The summed E-state index contributed by atoms with van der Waals surface area (Å²) in [6, 6.07) is 0. The van der Waals surface area contributed by atoms with Crippen LogP contribution in [0.1, 0.15) is 16.9 Å². The highest BCUT2D eigenvalue weighted by Gasteiger charge is 2.27. The molecule has 1 amide bonds. The van der Waals surface area contributed by atoms with Gasteiger partial charge in [-0.05, 0) is 6.42 Å². The first-order chi connectivity index (χ1) is 12.5. The van der Waals surface area contributed by atoms with Gasteiger partial charge in [0.25, 0.3) is 0 Å². The van der Waals surface area contributed by atoms with Gasteiger partial charge < -0.3 is 19.7 Å². The summed E-state index contributed by atoms with van der Waals surface area (Å²) in [5, 5.41) is 5.78. The topological polar surface area (TPSA) is 97.8 Å². The number of hydrogen-bond acceptors (Lipinski definition) is 9. The third kappa shape index (κ3) is 5.60. The fraction of sp³-hybridized carbons (Fsp3) is 0.375. The fourth-order valence-electron chi connectivity index (χ4n) is 2.00. The van der Waals surface area contributed by atoms with E-state index in [1.807, 2.05) is 0 Å². The van der Waals surface area contributed by atoms with Crippen LogP contribution in [0.2, 0.25) is 0 Å². The molecule has 1 aromatic rings. The summed E-state index contributed by atoms with van der Waals surface area (Å²) >= 11 is 2.59. The van der Waals surface area contributed by atoms with E-state index in [9.17, 15) is 14.4 Å². The van der Waals surface area contributed by atoms with E-state index < -0.39 is 11.9 Å². The maximum Gasteiger partial charge on any atom is 0.357 e. The molecule has 1 aliphatic rings. The van der Waals surface area contributed by atoms with Crippen molar-refractivity contribution >= 4 is 46.1 Å². The smallest absolute Gasteiger partial charge is 0.357 e. The molecule has 1 aliphatic heterocycles. The van der Waals surface area contributed by atoms with Crippen LogP contribution in [0.15, 0.2) is 29.1 Å². The SMILES string of the molecule is C=CCNc1nc(C(=O)OCCCN2C(=O)CS/C2=C/C(=O)OC)cs1. The summed E-state index contributed by atoms with van der Waals surface area (Å²) < 4.78 is 9.76. The molecule has 10 heteroatoms. The van der Waals surface area contributed by atoms with Crippen molar-refractivity contribution < 1.29 is 23.9 Å². The van der Waals surface area contributed by atoms with Gasteiger partial charge in [-0.15, -0.1) is 17.9 Å². The number of methoxy groups -OCH3 is 1. The van der Waals surface area contributed by atoms with Crippen molar-refractivity contribution in [2.24, 2.45) is 0 Å². The highest BCUT2D eigenvalue weighted by molar-refractivity contribution is 8.04. The van der Waals surface area contributed by atoms with Crippen LogP contribution in [-0.4, -0.2) is 60.3 Å². The van der Waals surface area contributed by atoms with Crippen molar-refractivity contribution in [2.75, 3.05) is 37.9 Å². The molecule has 0 radical (unpaired) electrons. The predicted molar refractivity (Wildman–Crippen MR) is 100.0 cm³/mol. The normalized spacial score (nSPS) is 15.2. The number of thiazole rings is 1. The second-order valence-corrected chi connectivity index (χ2v) is 6.89. The largest absolute Gasteiger partial charge is 0.466 e. The number of rotatable bonds is 9. The number of nitrogens with zero attached hydrogens (tertiary/aromatic N) is 2. The van der Waals surface area contributed by atoms with Crippen molar-refractivity contribution in [3.8, 4) is 0 Å². The van der Waals surface area contributed by atoms with Gasteiger partial charge in [0.2, 0.25) is 5.91 Å². The maximum absolute atomic E-state index is 12.0. The lowest BCUT2D eigenvalue weighted by molar-refractivity contribution is -0.134. The van der Waals surface area contributed by atoms with Crippen LogP contribution in [0.25, 0.3) is 0 Å². The number of anilines is 1. The molecule has 2 heterocycles. The Kier molecular flexibility index (Phi) is 7.67. The molecule has 0 saturated carbocycles. The monoisotopic (exact) mass is 397 g/mol. The predicted octanol–water partition coefficient (Wildman–Crippen LogP) is 1.88. The van der Waals surface area contributed by atoms with Gasteiger partial charge in [0.15, 0.2) is 10.8 Å². The van der Waals surface area contributed by atoms with Gasteiger partial charge in [-0.25, -0.2) is 14.6 Å². The van der Waals surface area contributed by atoms with E-state index in [0.29, 0.717) is 29.7 Å². The number of carbonyl (C=O) groups excluding carboxylic acids is 3. The van der Waals surface area contributed by atoms with Crippen LogP contribution in [0, 0.1) is 0 Å². The fourth-order valence-corrected chi connectivity index (χ4v) is 3.64. The Hall–Kier alpha value is -2.33. The van der Waals surface area contributed by atoms with Crippen molar-refractivity contribution in [1.82, 2.24) is 9.88 Å². The molecule has 1 saturated heterocycles. The summed E-state index contributed by atoms with van der Waals surface area (Å²) in [5.74, 6) is -0.834. The van der Waals surface area contributed by atoms with Crippen molar-refractivity contribution in [3.05, 3.63) is 34.8 Å². The molecule has 0 bridgehead atoms. The molecule has 0 unspecified atom stereocenters. The lowest BCUT2D eigenvalue weighted by Gasteiger charge is -2.16. The van der Waals surface area contributed by atoms with Gasteiger partial charge >= 0.3 is 11.9 Å². The van der Waals surface area contributed by atoms with Gasteiger partial charge in [0, 0.05) is 18.5 Å². The number of nitrogens with one attached hydrogen (secondary N) is 1. The zero-order valence-corrected chi connectivity index (χ0v) is 15.9. The Bertz CT molecular complexity index is 716. The Labute approximate surface area is 159 Å². The Morgan fingerprint density at radius 3 is 3.04 bits per heavy atom. The summed E-state index contributed by atoms with van der Waals surface area (Å²) in [7, 11) is 1.28. The lowest BCUT2D eigenvalue weighted by atomic mass is 10.4. The van der Waals surface area contributed by atoms with Crippen LogP contribution < -0.4 is 5.32 Å². The average molecular weight is 397 g/mol. The highest BCUT2D eigenvalue weighted by atomic mass is 32.2. The second-order valence-electron chi connectivity index (χ2n) is 5.04. The van der Waals surface area contributed by atoms with Crippen molar-refractivity contribution in [3.63, 3.8) is 0 Å². The first-order valence-electron chi connectivity index (χ1n) is 7.75. The highest BCUT2D eigenvalue weighted by Crippen LogP contribution is 2.28. The zero-order chi connectivity index (χ0) is 18.9. The van der Waals surface area contributed by atoms with Crippen LogP contribution in [0.5, 0.6) is 0 Å². The number of thioether (sulfide) groups is 1. The van der Waals surface area contributed by atoms with E-state index in [-0.39, 0.29) is 24.0 Å². The molecule has 8 nitrogen and oxygen atoms in total.